The second-order valence-electron chi connectivity index (χ2n) is 8.44. The number of benzene rings is 3. The van der Waals surface area contributed by atoms with E-state index in [2.05, 4.69) is 0 Å². The molecule has 5 rings (SSSR count). The van der Waals surface area contributed by atoms with Gasteiger partial charge in [0, 0.05) is 13.1 Å². The molecule has 0 amide bonds. The lowest BCUT2D eigenvalue weighted by Gasteiger charge is -2.24. The van der Waals surface area contributed by atoms with Crippen LogP contribution in [0.1, 0.15) is 18.4 Å². The highest BCUT2D eigenvalue weighted by Gasteiger charge is 2.27. The van der Waals surface area contributed by atoms with Crippen molar-refractivity contribution >= 4 is 16.6 Å². The van der Waals surface area contributed by atoms with Gasteiger partial charge in [-0.1, -0.05) is 54.6 Å². The SMILES string of the molecule is COc1c(N2CCCC2)c(F)cc2c(=O)n(N)c(=O)n(Cc3ccc(-c4ccccc4)cc3)c12. The highest BCUT2D eigenvalue weighted by Crippen LogP contribution is 2.39. The van der Waals surface area contributed by atoms with Crippen LogP contribution in [0.15, 0.2) is 70.3 Å². The molecule has 1 fully saturated rings. The molecular formula is C26H25FN4O3. The molecule has 4 aromatic rings. The normalized spacial score (nSPS) is 13.5. The van der Waals surface area contributed by atoms with E-state index in [4.69, 9.17) is 10.6 Å². The van der Waals surface area contributed by atoms with Gasteiger partial charge in [-0.05, 0) is 35.6 Å². The molecule has 0 unspecified atom stereocenters. The van der Waals surface area contributed by atoms with Crippen molar-refractivity contribution in [3.63, 3.8) is 0 Å². The summed E-state index contributed by atoms with van der Waals surface area (Å²) in [6.45, 7) is 1.50. The van der Waals surface area contributed by atoms with Crippen LogP contribution < -0.4 is 26.7 Å². The van der Waals surface area contributed by atoms with Crippen molar-refractivity contribution in [3.05, 3.63) is 92.9 Å². The number of halogens is 1. The third-order valence-corrected chi connectivity index (χ3v) is 6.37. The highest BCUT2D eigenvalue weighted by molar-refractivity contribution is 5.91. The number of ether oxygens (including phenoxy) is 1. The first-order valence-electron chi connectivity index (χ1n) is 11.2. The van der Waals surface area contributed by atoms with E-state index in [1.807, 2.05) is 59.5 Å². The van der Waals surface area contributed by atoms with E-state index in [1.165, 1.54) is 11.7 Å². The van der Waals surface area contributed by atoms with Gasteiger partial charge in [-0.2, -0.15) is 4.68 Å². The number of hydrogen-bond acceptors (Lipinski definition) is 5. The van der Waals surface area contributed by atoms with Crippen LogP contribution in [0.4, 0.5) is 10.1 Å². The van der Waals surface area contributed by atoms with Crippen molar-refractivity contribution in [2.45, 2.75) is 19.4 Å². The van der Waals surface area contributed by atoms with Crippen molar-refractivity contribution in [3.8, 4) is 16.9 Å². The molecule has 1 aromatic heterocycles. The lowest BCUT2D eigenvalue weighted by atomic mass is 10.0. The Bertz CT molecular complexity index is 1470. The molecule has 3 aromatic carbocycles. The number of methoxy groups -OCH3 is 1. The van der Waals surface area contributed by atoms with Crippen LogP contribution in [0, 0.1) is 5.82 Å². The number of rotatable bonds is 5. The molecule has 2 heterocycles. The Morgan fingerprint density at radius 3 is 2.26 bits per heavy atom. The fourth-order valence-electron chi connectivity index (χ4n) is 4.67. The monoisotopic (exact) mass is 460 g/mol. The Morgan fingerprint density at radius 1 is 0.971 bits per heavy atom. The number of nitrogens with two attached hydrogens (primary N) is 1. The maximum absolute atomic E-state index is 15.2. The van der Waals surface area contributed by atoms with Gasteiger partial charge in [-0.3, -0.25) is 9.36 Å². The van der Waals surface area contributed by atoms with Gasteiger partial charge in [-0.15, -0.1) is 0 Å². The molecular weight excluding hydrogens is 435 g/mol. The van der Waals surface area contributed by atoms with E-state index in [-0.39, 0.29) is 28.9 Å². The molecule has 0 aliphatic carbocycles. The lowest BCUT2D eigenvalue weighted by Crippen LogP contribution is -2.45. The summed E-state index contributed by atoms with van der Waals surface area (Å²) >= 11 is 0. The molecule has 1 aliphatic rings. The van der Waals surface area contributed by atoms with E-state index in [0.717, 1.165) is 35.6 Å². The number of fused-ring (bicyclic) bond motifs is 1. The molecule has 0 saturated carbocycles. The second-order valence-corrected chi connectivity index (χ2v) is 8.44. The molecule has 8 heteroatoms. The standard InChI is InChI=1S/C26H25FN4O3/c1-34-24-22-20(15-21(27)23(24)29-13-5-6-14-29)25(32)31(28)26(33)30(22)16-17-9-11-19(12-10-17)18-7-3-2-4-8-18/h2-4,7-12,15H,5-6,13-14,16,28H2,1H3. The summed E-state index contributed by atoms with van der Waals surface area (Å²) in [4.78, 5) is 27.8. The van der Waals surface area contributed by atoms with Crippen LogP contribution in [-0.2, 0) is 6.54 Å². The van der Waals surface area contributed by atoms with Gasteiger partial charge in [0.15, 0.2) is 11.6 Å². The Balaban J connectivity index is 1.68. The van der Waals surface area contributed by atoms with Gasteiger partial charge in [0.25, 0.3) is 5.56 Å². The fraction of sp³-hybridized carbons (Fsp3) is 0.231. The number of nitrogens with zero attached hydrogens (tertiary/aromatic N) is 3. The van der Waals surface area contributed by atoms with Crippen molar-refractivity contribution in [2.75, 3.05) is 30.9 Å². The number of hydrogen-bond donors (Lipinski definition) is 1. The average Bonchev–Trinajstić information content (AvgIpc) is 3.40. The van der Waals surface area contributed by atoms with Gasteiger partial charge in [-0.25, -0.2) is 9.18 Å². The molecule has 0 spiro atoms. The van der Waals surface area contributed by atoms with Gasteiger partial charge in [0.05, 0.1) is 19.0 Å². The van der Waals surface area contributed by atoms with Crippen molar-refractivity contribution < 1.29 is 9.13 Å². The molecule has 0 atom stereocenters. The van der Waals surface area contributed by atoms with E-state index >= 15 is 4.39 Å². The number of aromatic nitrogens is 2. The summed E-state index contributed by atoms with van der Waals surface area (Å²) < 4.78 is 22.7. The van der Waals surface area contributed by atoms with E-state index in [1.54, 1.807) is 0 Å². The summed E-state index contributed by atoms with van der Waals surface area (Å²) in [6, 6.07) is 18.9. The lowest BCUT2D eigenvalue weighted by molar-refractivity contribution is 0.413. The topological polar surface area (TPSA) is 82.5 Å². The molecule has 1 aliphatic heterocycles. The quantitative estimate of drug-likeness (QED) is 0.462. The predicted molar refractivity (Wildman–Crippen MR) is 132 cm³/mol. The second kappa shape index (κ2) is 8.70. The Labute approximate surface area is 195 Å². The molecule has 34 heavy (non-hydrogen) atoms. The van der Waals surface area contributed by atoms with Gasteiger partial charge >= 0.3 is 5.69 Å². The predicted octanol–water partition coefficient (Wildman–Crippen LogP) is 3.34. The first kappa shape index (κ1) is 21.8. The van der Waals surface area contributed by atoms with Crippen molar-refractivity contribution in [1.82, 2.24) is 9.24 Å². The molecule has 7 nitrogen and oxygen atoms in total. The zero-order chi connectivity index (χ0) is 23.8. The molecule has 0 radical (unpaired) electrons. The first-order chi connectivity index (χ1) is 16.5. The van der Waals surface area contributed by atoms with E-state index < -0.39 is 17.1 Å². The summed E-state index contributed by atoms with van der Waals surface area (Å²) in [6.07, 6.45) is 1.87. The molecule has 174 valence electrons. The van der Waals surface area contributed by atoms with Crippen LogP contribution in [0.3, 0.4) is 0 Å². The van der Waals surface area contributed by atoms with Gasteiger partial charge < -0.3 is 15.5 Å². The minimum atomic E-state index is -0.763. The first-order valence-corrected chi connectivity index (χ1v) is 11.2. The zero-order valence-corrected chi connectivity index (χ0v) is 18.8. The maximum Gasteiger partial charge on any atom is 0.350 e. The molecule has 2 N–H and O–H groups in total. The van der Waals surface area contributed by atoms with Gasteiger partial charge in [0.1, 0.15) is 11.2 Å². The van der Waals surface area contributed by atoms with Crippen LogP contribution >= 0.6 is 0 Å². The largest absolute Gasteiger partial charge is 0.492 e. The van der Waals surface area contributed by atoms with Crippen LogP contribution in [0.25, 0.3) is 22.0 Å². The van der Waals surface area contributed by atoms with Crippen LogP contribution in [0.5, 0.6) is 5.75 Å². The summed E-state index contributed by atoms with van der Waals surface area (Å²) in [5.74, 6) is 5.41. The maximum atomic E-state index is 15.2. The van der Waals surface area contributed by atoms with Crippen molar-refractivity contribution in [2.24, 2.45) is 0 Å². The minimum absolute atomic E-state index is 0.000280. The zero-order valence-electron chi connectivity index (χ0n) is 18.8. The third-order valence-electron chi connectivity index (χ3n) is 6.37. The van der Waals surface area contributed by atoms with Crippen LogP contribution in [-0.4, -0.2) is 29.4 Å². The van der Waals surface area contributed by atoms with Crippen LogP contribution in [0.2, 0.25) is 0 Å². The highest BCUT2D eigenvalue weighted by atomic mass is 19.1. The van der Waals surface area contributed by atoms with Crippen molar-refractivity contribution in [1.29, 1.82) is 0 Å². The van der Waals surface area contributed by atoms with E-state index in [9.17, 15) is 9.59 Å². The molecule has 1 saturated heterocycles. The Kier molecular flexibility index (Phi) is 5.57. The average molecular weight is 461 g/mol. The molecule has 0 bridgehead atoms. The minimum Gasteiger partial charge on any atom is -0.492 e. The number of anilines is 1. The summed E-state index contributed by atoms with van der Waals surface area (Å²) in [7, 11) is 1.42. The third kappa shape index (κ3) is 3.61. The summed E-state index contributed by atoms with van der Waals surface area (Å²) in [5.41, 5.74) is 2.02. The van der Waals surface area contributed by atoms with Gasteiger partial charge in [0.2, 0.25) is 0 Å². The smallest absolute Gasteiger partial charge is 0.350 e. The summed E-state index contributed by atoms with van der Waals surface area (Å²) in [5, 5.41) is 0.000280. The fourth-order valence-corrected chi connectivity index (χ4v) is 4.67. The Morgan fingerprint density at radius 2 is 1.62 bits per heavy atom. The Hall–Kier alpha value is -4.07. The number of nitrogen functional groups attached to an aromatic ring is 1. The van der Waals surface area contributed by atoms with E-state index in [0.29, 0.717) is 17.8 Å².